The Balaban J connectivity index is 0.000000316. The second kappa shape index (κ2) is 23.0. The van der Waals surface area contributed by atoms with E-state index in [-0.39, 0.29) is 5.84 Å². The average molecular weight is 656 g/mol. The van der Waals surface area contributed by atoms with Gasteiger partial charge in [-0.05, 0) is 117 Å². The third kappa shape index (κ3) is 14.8. The molecule has 0 radical (unpaired) electrons. The second-order valence-electron chi connectivity index (χ2n) is 11.6. The van der Waals surface area contributed by atoms with E-state index in [1.54, 1.807) is 0 Å². The quantitative estimate of drug-likeness (QED) is 0.0727. The SMILES string of the molecule is C/C=C(/C)CCC.C/C=C(/C)c1sccc1CCC.CC(C)c1cccc(C(=N)N)c1.Cc1ccc(-c2ccccc2SN)cc1. The van der Waals surface area contributed by atoms with E-state index in [4.69, 9.17) is 16.3 Å². The predicted molar refractivity (Wildman–Crippen MR) is 210 cm³/mol. The maximum absolute atomic E-state index is 7.25. The van der Waals surface area contributed by atoms with Gasteiger partial charge in [0.1, 0.15) is 5.84 Å². The zero-order chi connectivity index (χ0) is 34.5. The molecule has 4 rings (SSSR count). The van der Waals surface area contributed by atoms with Crippen molar-refractivity contribution in [3.05, 3.63) is 129 Å². The van der Waals surface area contributed by atoms with Gasteiger partial charge in [0.05, 0.1) is 0 Å². The summed E-state index contributed by atoms with van der Waals surface area (Å²) in [5.41, 5.74) is 15.5. The minimum Gasteiger partial charge on any atom is -0.384 e. The van der Waals surface area contributed by atoms with E-state index in [2.05, 4.69) is 122 Å². The van der Waals surface area contributed by atoms with Gasteiger partial charge in [0.25, 0.3) is 0 Å². The van der Waals surface area contributed by atoms with Crippen LogP contribution in [0.5, 0.6) is 0 Å². The van der Waals surface area contributed by atoms with Crippen LogP contribution in [0.25, 0.3) is 16.7 Å². The van der Waals surface area contributed by atoms with Crippen LogP contribution in [0.4, 0.5) is 0 Å². The Bertz CT molecular complexity index is 1490. The fourth-order valence-corrected chi connectivity index (χ4v) is 5.89. The zero-order valence-corrected chi connectivity index (χ0v) is 31.2. The van der Waals surface area contributed by atoms with Crippen LogP contribution in [-0.4, -0.2) is 5.84 Å². The highest BCUT2D eigenvalue weighted by Gasteiger charge is 2.04. The van der Waals surface area contributed by atoms with Crippen LogP contribution in [0.15, 0.2) is 107 Å². The maximum Gasteiger partial charge on any atom is 0.122 e. The number of aryl methyl sites for hydroxylation is 2. The van der Waals surface area contributed by atoms with Crippen molar-refractivity contribution in [2.24, 2.45) is 10.9 Å². The van der Waals surface area contributed by atoms with Crippen LogP contribution in [0.1, 0.15) is 108 Å². The van der Waals surface area contributed by atoms with Gasteiger partial charge >= 0.3 is 0 Å². The number of benzene rings is 3. The van der Waals surface area contributed by atoms with Crippen LogP contribution in [0, 0.1) is 12.3 Å². The summed E-state index contributed by atoms with van der Waals surface area (Å²) in [6.07, 6.45) is 9.34. The smallest absolute Gasteiger partial charge is 0.122 e. The molecule has 0 atom stereocenters. The number of hydrogen-bond acceptors (Lipinski definition) is 4. The summed E-state index contributed by atoms with van der Waals surface area (Å²) in [4.78, 5) is 2.58. The molecule has 0 amide bonds. The summed E-state index contributed by atoms with van der Waals surface area (Å²) >= 11 is 3.15. The molecule has 0 aliphatic rings. The minimum absolute atomic E-state index is 0.137. The van der Waals surface area contributed by atoms with E-state index in [1.165, 1.54) is 81.5 Å². The van der Waals surface area contributed by atoms with Crippen LogP contribution < -0.4 is 10.9 Å². The second-order valence-corrected chi connectivity index (χ2v) is 13.1. The largest absolute Gasteiger partial charge is 0.384 e. The van der Waals surface area contributed by atoms with Gasteiger partial charge in [0, 0.05) is 15.3 Å². The van der Waals surface area contributed by atoms with Gasteiger partial charge in [0.15, 0.2) is 0 Å². The highest BCUT2D eigenvalue weighted by atomic mass is 32.2. The van der Waals surface area contributed by atoms with Crippen molar-refractivity contribution in [1.82, 2.24) is 0 Å². The molecule has 0 saturated heterocycles. The Morgan fingerprint density at radius 3 is 2.09 bits per heavy atom. The van der Waals surface area contributed by atoms with Crippen molar-refractivity contribution in [2.75, 3.05) is 0 Å². The number of allylic oxidation sites excluding steroid dienone is 4. The Hall–Kier alpha value is -3.38. The van der Waals surface area contributed by atoms with Gasteiger partial charge in [-0.15, -0.1) is 11.3 Å². The molecule has 0 unspecified atom stereocenters. The molecule has 3 aromatic carbocycles. The molecule has 1 aromatic heterocycles. The van der Waals surface area contributed by atoms with E-state index in [1.807, 2.05) is 47.7 Å². The molecule has 0 saturated carbocycles. The lowest BCUT2D eigenvalue weighted by atomic mass is 10.0. The molecule has 0 spiro atoms. The van der Waals surface area contributed by atoms with Crippen LogP contribution in [0.3, 0.4) is 0 Å². The standard InChI is InChI=1S/C13H13NS.C11H16S.C10H14N2.C7H14/c1-10-6-8-11(9-7-10)12-4-2-3-5-13(12)15-14;1-4-6-10-7-8-12-11(10)9(3)5-2;1-7(2)8-4-3-5-9(6-8)10(11)12;1-4-6-7(3)5-2/h2-9H,14H2,1H3;5,7-8H,4,6H2,1-3H3;3-7H,1-2H3,(H3,11,12);5H,4,6H2,1-3H3/b;9-5-;;7-5-. The van der Waals surface area contributed by atoms with E-state index in [0.717, 1.165) is 10.5 Å². The number of nitrogen functional groups attached to an aromatic ring is 1. The first-order chi connectivity index (χ1) is 22.0. The summed E-state index contributed by atoms with van der Waals surface area (Å²) in [5.74, 6) is 0.627. The summed E-state index contributed by atoms with van der Waals surface area (Å²) in [6.45, 7) is 19.3. The first-order valence-corrected chi connectivity index (χ1v) is 18.1. The molecule has 0 aliphatic carbocycles. The van der Waals surface area contributed by atoms with Gasteiger partial charge in [-0.2, -0.15) is 0 Å². The van der Waals surface area contributed by atoms with Crippen molar-refractivity contribution in [2.45, 2.75) is 98.8 Å². The Labute approximate surface area is 288 Å². The van der Waals surface area contributed by atoms with Crippen molar-refractivity contribution < 1.29 is 0 Å². The Kier molecular flexibility index (Phi) is 20.3. The summed E-state index contributed by atoms with van der Waals surface area (Å²) in [5, 5.41) is 15.1. The first-order valence-electron chi connectivity index (χ1n) is 16.3. The summed E-state index contributed by atoms with van der Waals surface area (Å²) in [6, 6.07) is 26.7. The number of thiophene rings is 1. The molecule has 3 nitrogen and oxygen atoms in total. The van der Waals surface area contributed by atoms with Crippen molar-refractivity contribution >= 4 is 34.7 Å². The number of nitrogens with one attached hydrogen (secondary N) is 1. The maximum atomic E-state index is 7.25. The van der Waals surface area contributed by atoms with Gasteiger partial charge in [-0.3, -0.25) is 10.5 Å². The Morgan fingerprint density at radius 2 is 1.57 bits per heavy atom. The molecule has 0 fully saturated rings. The third-order valence-corrected chi connectivity index (χ3v) is 9.14. The molecule has 1 heterocycles. The van der Waals surface area contributed by atoms with Gasteiger partial charge < -0.3 is 5.73 Å². The topological polar surface area (TPSA) is 75.9 Å². The fourth-order valence-electron chi connectivity index (χ4n) is 4.42. The lowest BCUT2D eigenvalue weighted by Crippen LogP contribution is -2.11. The first kappa shape index (κ1) is 40.6. The van der Waals surface area contributed by atoms with Gasteiger partial charge in [0.2, 0.25) is 0 Å². The monoisotopic (exact) mass is 655 g/mol. The van der Waals surface area contributed by atoms with E-state index in [0.29, 0.717) is 5.92 Å². The lowest BCUT2D eigenvalue weighted by Gasteiger charge is -2.06. The molecule has 248 valence electrons. The lowest BCUT2D eigenvalue weighted by molar-refractivity contribution is 0.866. The number of rotatable bonds is 9. The van der Waals surface area contributed by atoms with E-state index >= 15 is 0 Å². The van der Waals surface area contributed by atoms with Crippen molar-refractivity contribution in [3.63, 3.8) is 0 Å². The molecule has 0 bridgehead atoms. The summed E-state index contributed by atoms with van der Waals surface area (Å²) in [7, 11) is 0. The van der Waals surface area contributed by atoms with E-state index in [9.17, 15) is 0 Å². The summed E-state index contributed by atoms with van der Waals surface area (Å²) < 4.78 is 0. The molecular weight excluding hydrogens is 599 g/mol. The average Bonchev–Trinajstić information content (AvgIpc) is 3.54. The highest BCUT2D eigenvalue weighted by molar-refractivity contribution is 7.97. The van der Waals surface area contributed by atoms with Gasteiger partial charge in [-0.1, -0.05) is 124 Å². The molecule has 5 N–H and O–H groups in total. The minimum atomic E-state index is 0.137. The number of hydrogen-bond donors (Lipinski definition) is 3. The predicted octanol–water partition coefficient (Wildman–Crippen LogP) is 12.6. The molecule has 0 aliphatic heterocycles. The normalized spacial score (nSPS) is 11.0. The highest BCUT2D eigenvalue weighted by Crippen LogP contribution is 2.29. The fraction of sp³-hybridized carbons (Fsp3) is 0.341. The van der Waals surface area contributed by atoms with Crippen LogP contribution in [0.2, 0.25) is 0 Å². The van der Waals surface area contributed by atoms with Crippen molar-refractivity contribution in [1.29, 1.82) is 5.41 Å². The van der Waals surface area contributed by atoms with E-state index < -0.39 is 0 Å². The molecule has 5 heteroatoms. The van der Waals surface area contributed by atoms with Gasteiger partial charge in [-0.25, -0.2) is 0 Å². The molecule has 46 heavy (non-hydrogen) atoms. The zero-order valence-electron chi connectivity index (χ0n) is 29.6. The molecule has 4 aromatic rings. The molecular formula is C41H57N3S2. The Morgan fingerprint density at radius 1 is 0.891 bits per heavy atom. The number of nitrogens with two attached hydrogens (primary N) is 2. The number of amidine groups is 1. The van der Waals surface area contributed by atoms with Crippen LogP contribution in [-0.2, 0) is 6.42 Å². The van der Waals surface area contributed by atoms with Crippen molar-refractivity contribution in [3.8, 4) is 11.1 Å². The van der Waals surface area contributed by atoms with Crippen LogP contribution >= 0.6 is 23.3 Å². The third-order valence-electron chi connectivity index (χ3n) is 7.44.